The first-order valence-corrected chi connectivity index (χ1v) is 6.64. The summed E-state index contributed by atoms with van der Waals surface area (Å²) >= 11 is 0. The summed E-state index contributed by atoms with van der Waals surface area (Å²) in [6, 6.07) is 2.00. The molecule has 1 aromatic heterocycles. The van der Waals surface area contributed by atoms with Gasteiger partial charge in [0, 0.05) is 24.5 Å². The van der Waals surface area contributed by atoms with Crippen molar-refractivity contribution in [1.82, 2.24) is 15.1 Å². The second-order valence-corrected chi connectivity index (χ2v) is 6.37. The Hall–Kier alpha value is -0.870. The van der Waals surface area contributed by atoms with Gasteiger partial charge in [-0.15, -0.1) is 0 Å². The zero-order chi connectivity index (χ0) is 13.8. The van der Waals surface area contributed by atoms with E-state index in [0.717, 1.165) is 25.8 Å². The summed E-state index contributed by atoms with van der Waals surface area (Å²) in [5.74, 6) is 0. The summed E-state index contributed by atoms with van der Waals surface area (Å²) < 4.78 is 1.86. The van der Waals surface area contributed by atoms with Crippen molar-refractivity contribution in [3.63, 3.8) is 0 Å². The summed E-state index contributed by atoms with van der Waals surface area (Å²) in [6.07, 6.45) is 4.19. The third kappa shape index (κ3) is 5.65. The molecular weight excluding hydrogens is 226 g/mol. The van der Waals surface area contributed by atoms with Crippen molar-refractivity contribution in [2.24, 2.45) is 7.05 Å². The van der Waals surface area contributed by atoms with Crippen LogP contribution in [-0.2, 0) is 13.5 Å². The van der Waals surface area contributed by atoms with Crippen molar-refractivity contribution >= 4 is 0 Å². The number of nitrogens with one attached hydrogen (secondary N) is 1. The van der Waals surface area contributed by atoms with Gasteiger partial charge in [-0.2, -0.15) is 5.10 Å². The van der Waals surface area contributed by atoms with Gasteiger partial charge in [-0.05, 0) is 59.6 Å². The van der Waals surface area contributed by atoms with Gasteiger partial charge in [-0.1, -0.05) is 0 Å². The molecule has 1 heterocycles. The van der Waals surface area contributed by atoms with Crippen LogP contribution in [0.15, 0.2) is 12.3 Å². The van der Waals surface area contributed by atoms with Gasteiger partial charge in [0.25, 0.3) is 0 Å². The predicted molar refractivity (Wildman–Crippen MR) is 74.5 cm³/mol. The van der Waals surface area contributed by atoms with E-state index in [2.05, 4.69) is 31.2 Å². The van der Waals surface area contributed by atoms with Crippen LogP contribution in [0.25, 0.3) is 0 Å². The molecule has 1 atom stereocenters. The molecular formula is C14H27N3O. The summed E-state index contributed by atoms with van der Waals surface area (Å²) in [7, 11) is 1.94. The Morgan fingerprint density at radius 3 is 2.44 bits per heavy atom. The van der Waals surface area contributed by atoms with Crippen molar-refractivity contribution in [2.45, 2.75) is 58.1 Å². The lowest BCUT2D eigenvalue weighted by Crippen LogP contribution is -2.40. The molecule has 0 aliphatic heterocycles. The Kier molecular flexibility index (Phi) is 4.93. The van der Waals surface area contributed by atoms with Gasteiger partial charge in [-0.3, -0.25) is 4.68 Å². The maximum atomic E-state index is 10.3. The van der Waals surface area contributed by atoms with Crippen molar-refractivity contribution in [3.8, 4) is 0 Å². The average Bonchev–Trinajstić information content (AvgIpc) is 2.59. The first-order chi connectivity index (χ1) is 8.20. The topological polar surface area (TPSA) is 50.1 Å². The summed E-state index contributed by atoms with van der Waals surface area (Å²) in [5, 5.41) is 17.9. The fourth-order valence-corrected chi connectivity index (χ4v) is 1.88. The molecule has 0 amide bonds. The summed E-state index contributed by atoms with van der Waals surface area (Å²) in [4.78, 5) is 0. The van der Waals surface area contributed by atoms with E-state index in [0.29, 0.717) is 0 Å². The molecule has 0 fully saturated rings. The van der Waals surface area contributed by atoms with Crippen LogP contribution in [-0.4, -0.2) is 32.6 Å². The lowest BCUT2D eigenvalue weighted by atomic mass is 9.94. The van der Waals surface area contributed by atoms with Crippen molar-refractivity contribution in [3.05, 3.63) is 18.0 Å². The quantitative estimate of drug-likeness (QED) is 0.814. The largest absolute Gasteiger partial charge is 0.390 e. The van der Waals surface area contributed by atoms with Crippen molar-refractivity contribution in [2.75, 3.05) is 6.54 Å². The lowest BCUT2D eigenvalue weighted by Gasteiger charge is -2.27. The highest BCUT2D eigenvalue weighted by atomic mass is 16.3. The highest BCUT2D eigenvalue weighted by Gasteiger charge is 2.21. The van der Waals surface area contributed by atoms with Crippen molar-refractivity contribution in [1.29, 1.82) is 0 Å². The number of hydrogen-bond donors (Lipinski definition) is 2. The molecule has 0 bridgehead atoms. The predicted octanol–water partition coefficient (Wildman–Crippen LogP) is 1.88. The maximum absolute atomic E-state index is 10.3. The molecule has 1 aromatic rings. The Balaban J connectivity index is 2.33. The SMILES string of the molecule is Cn1nccc1CCC(C)(O)CCNC(C)(C)C. The number of rotatable bonds is 6. The van der Waals surface area contributed by atoms with Crippen LogP contribution >= 0.6 is 0 Å². The Bertz CT molecular complexity index is 363. The zero-order valence-corrected chi connectivity index (χ0v) is 12.3. The van der Waals surface area contributed by atoms with Gasteiger partial charge < -0.3 is 10.4 Å². The molecule has 0 aliphatic carbocycles. The maximum Gasteiger partial charge on any atom is 0.0635 e. The van der Waals surface area contributed by atoms with Gasteiger partial charge in [0.1, 0.15) is 0 Å². The minimum atomic E-state index is -0.622. The van der Waals surface area contributed by atoms with Gasteiger partial charge in [0.2, 0.25) is 0 Å². The monoisotopic (exact) mass is 253 g/mol. The minimum absolute atomic E-state index is 0.109. The molecule has 0 aliphatic rings. The molecule has 0 aromatic carbocycles. The van der Waals surface area contributed by atoms with Crippen LogP contribution in [0.4, 0.5) is 0 Å². The van der Waals surface area contributed by atoms with Crippen LogP contribution in [0.3, 0.4) is 0 Å². The molecule has 0 saturated carbocycles. The smallest absolute Gasteiger partial charge is 0.0635 e. The molecule has 18 heavy (non-hydrogen) atoms. The zero-order valence-electron chi connectivity index (χ0n) is 12.3. The van der Waals surface area contributed by atoms with Crippen LogP contribution in [0.5, 0.6) is 0 Å². The Morgan fingerprint density at radius 1 is 1.28 bits per heavy atom. The third-order valence-corrected chi connectivity index (χ3v) is 3.16. The van der Waals surface area contributed by atoms with E-state index in [4.69, 9.17) is 0 Å². The van der Waals surface area contributed by atoms with E-state index >= 15 is 0 Å². The standard InChI is InChI=1S/C14H27N3O/c1-13(2,3)15-11-9-14(4,18)8-6-12-7-10-16-17(12)5/h7,10,15,18H,6,8-9,11H2,1-5H3. The highest BCUT2D eigenvalue weighted by molar-refractivity contribution is 5.01. The van der Waals surface area contributed by atoms with Gasteiger partial charge in [0.05, 0.1) is 5.60 Å². The Morgan fingerprint density at radius 2 is 1.94 bits per heavy atom. The molecule has 1 unspecified atom stereocenters. The number of nitrogens with zero attached hydrogens (tertiary/aromatic N) is 2. The summed E-state index contributed by atoms with van der Waals surface area (Å²) in [5.41, 5.74) is 0.653. The second-order valence-electron chi connectivity index (χ2n) is 6.37. The van der Waals surface area contributed by atoms with Gasteiger partial charge in [0.15, 0.2) is 0 Å². The molecule has 1 rings (SSSR count). The first kappa shape index (κ1) is 15.2. The van der Waals surface area contributed by atoms with Crippen molar-refractivity contribution < 1.29 is 5.11 Å². The number of aliphatic hydroxyl groups is 1. The Labute approximate surface area is 110 Å². The summed E-state index contributed by atoms with van der Waals surface area (Å²) in [6.45, 7) is 9.15. The average molecular weight is 253 g/mol. The minimum Gasteiger partial charge on any atom is -0.390 e. The van der Waals surface area contributed by atoms with Gasteiger partial charge in [-0.25, -0.2) is 0 Å². The molecule has 104 valence electrons. The third-order valence-electron chi connectivity index (χ3n) is 3.16. The van der Waals surface area contributed by atoms with E-state index in [1.54, 1.807) is 6.20 Å². The number of hydrogen-bond acceptors (Lipinski definition) is 3. The fourth-order valence-electron chi connectivity index (χ4n) is 1.88. The molecule has 4 nitrogen and oxygen atoms in total. The van der Waals surface area contributed by atoms with Crippen LogP contribution < -0.4 is 5.32 Å². The molecule has 2 N–H and O–H groups in total. The van der Waals surface area contributed by atoms with E-state index in [-0.39, 0.29) is 5.54 Å². The molecule has 0 saturated heterocycles. The lowest BCUT2D eigenvalue weighted by molar-refractivity contribution is 0.0406. The number of aromatic nitrogens is 2. The normalized spacial score (nSPS) is 15.7. The van der Waals surface area contributed by atoms with E-state index in [1.807, 2.05) is 24.7 Å². The van der Waals surface area contributed by atoms with Gasteiger partial charge >= 0.3 is 0 Å². The molecule has 0 radical (unpaired) electrons. The van der Waals surface area contributed by atoms with E-state index in [9.17, 15) is 5.11 Å². The van der Waals surface area contributed by atoms with E-state index in [1.165, 1.54) is 5.69 Å². The fraction of sp³-hybridized carbons (Fsp3) is 0.786. The van der Waals surface area contributed by atoms with Crippen LogP contribution in [0.2, 0.25) is 0 Å². The molecule has 4 heteroatoms. The number of aryl methyl sites for hydroxylation is 2. The van der Waals surface area contributed by atoms with Crippen LogP contribution in [0.1, 0.15) is 46.2 Å². The van der Waals surface area contributed by atoms with E-state index < -0.39 is 5.60 Å². The first-order valence-electron chi connectivity index (χ1n) is 6.64. The second kappa shape index (κ2) is 5.85. The molecule has 0 spiro atoms. The highest BCUT2D eigenvalue weighted by Crippen LogP contribution is 2.17. The van der Waals surface area contributed by atoms with Crippen LogP contribution in [0, 0.1) is 0 Å².